The zero-order chi connectivity index (χ0) is 15.8. The second-order valence-corrected chi connectivity index (χ2v) is 6.09. The number of hydrogen-bond donors (Lipinski definition) is 1. The van der Waals surface area contributed by atoms with E-state index in [9.17, 15) is 4.79 Å². The van der Waals surface area contributed by atoms with Gasteiger partial charge in [0.05, 0.1) is 11.7 Å². The van der Waals surface area contributed by atoms with E-state index in [1.54, 1.807) is 0 Å². The topological polar surface area (TPSA) is 61.9 Å². The van der Waals surface area contributed by atoms with Crippen molar-refractivity contribution in [2.75, 3.05) is 13.1 Å². The van der Waals surface area contributed by atoms with E-state index in [0.717, 1.165) is 41.7 Å². The normalized spacial score (nSPS) is 17.8. The average molecular weight is 306 g/mol. The minimum atomic E-state index is 0.00965. The Kier molecular flexibility index (Phi) is 3.33. The summed E-state index contributed by atoms with van der Waals surface area (Å²) in [6.07, 6.45) is 2.80. The van der Waals surface area contributed by atoms with Crippen molar-refractivity contribution in [2.45, 2.75) is 19.3 Å². The van der Waals surface area contributed by atoms with E-state index in [2.05, 4.69) is 15.2 Å². The van der Waals surface area contributed by atoms with Gasteiger partial charge < -0.3 is 4.90 Å². The predicted octanol–water partition coefficient (Wildman–Crippen LogP) is 2.90. The number of nitrogens with zero attached hydrogens (tertiary/aromatic N) is 3. The molecule has 116 valence electrons. The smallest absolute Gasteiger partial charge is 0.272 e. The molecule has 5 nitrogen and oxygen atoms in total. The van der Waals surface area contributed by atoms with Crippen molar-refractivity contribution in [3.8, 4) is 0 Å². The molecule has 0 aliphatic carbocycles. The molecule has 1 aromatic carbocycles. The van der Waals surface area contributed by atoms with Crippen molar-refractivity contribution < 1.29 is 4.79 Å². The predicted molar refractivity (Wildman–Crippen MR) is 88.3 cm³/mol. The molecule has 2 aromatic heterocycles. The van der Waals surface area contributed by atoms with E-state index in [4.69, 9.17) is 0 Å². The lowest BCUT2D eigenvalue weighted by molar-refractivity contribution is 0.0785. The number of pyridine rings is 1. The molecule has 0 saturated carbocycles. The van der Waals surface area contributed by atoms with E-state index < -0.39 is 0 Å². The van der Waals surface area contributed by atoms with E-state index in [1.165, 1.54) is 0 Å². The highest BCUT2D eigenvalue weighted by Crippen LogP contribution is 2.28. The van der Waals surface area contributed by atoms with E-state index in [0.29, 0.717) is 11.6 Å². The van der Waals surface area contributed by atoms with Crippen molar-refractivity contribution in [3.63, 3.8) is 0 Å². The number of likely N-dealkylation sites (tertiary alicyclic amines) is 1. The molecule has 5 heteroatoms. The van der Waals surface area contributed by atoms with Crippen LogP contribution in [0.2, 0.25) is 0 Å². The number of rotatable bonds is 2. The number of benzene rings is 1. The van der Waals surface area contributed by atoms with Crippen LogP contribution in [0, 0.1) is 6.92 Å². The fourth-order valence-corrected chi connectivity index (χ4v) is 3.30. The molecule has 4 rings (SSSR count). The minimum Gasteiger partial charge on any atom is -0.337 e. The Balaban J connectivity index is 1.56. The van der Waals surface area contributed by atoms with Crippen LogP contribution in [-0.2, 0) is 0 Å². The van der Waals surface area contributed by atoms with Crippen LogP contribution in [0.3, 0.4) is 0 Å². The van der Waals surface area contributed by atoms with Gasteiger partial charge in [-0.25, -0.2) is 4.98 Å². The highest BCUT2D eigenvalue weighted by Gasteiger charge is 2.30. The maximum atomic E-state index is 12.7. The average Bonchev–Trinajstić information content (AvgIpc) is 3.22. The summed E-state index contributed by atoms with van der Waals surface area (Å²) in [6.45, 7) is 3.53. The van der Waals surface area contributed by atoms with Crippen LogP contribution in [0.15, 0.2) is 42.6 Å². The molecule has 1 atom stereocenters. The molecule has 0 spiro atoms. The summed E-state index contributed by atoms with van der Waals surface area (Å²) in [6, 6.07) is 11.6. The van der Waals surface area contributed by atoms with Gasteiger partial charge in [-0.3, -0.25) is 9.89 Å². The molecule has 1 aliphatic rings. The number of aryl methyl sites for hydroxylation is 1. The van der Waals surface area contributed by atoms with E-state index in [1.807, 2.05) is 54.4 Å². The molecule has 3 heterocycles. The molecule has 0 bridgehead atoms. The Morgan fingerprint density at radius 3 is 2.96 bits per heavy atom. The summed E-state index contributed by atoms with van der Waals surface area (Å²) in [5, 5.41) is 8.21. The SMILES string of the molecule is Cc1cn[nH]c1[C@@H]1CCN(C(=O)c2ccc3ccccc3n2)C1. The Morgan fingerprint density at radius 1 is 1.26 bits per heavy atom. The van der Waals surface area contributed by atoms with E-state index in [-0.39, 0.29) is 5.91 Å². The number of aromatic amines is 1. The number of fused-ring (bicyclic) bond motifs is 1. The third kappa shape index (κ3) is 2.48. The lowest BCUT2D eigenvalue weighted by Crippen LogP contribution is -2.29. The standard InChI is InChI=1S/C18H18N4O/c1-12-10-19-21-17(12)14-8-9-22(11-14)18(23)16-7-6-13-4-2-3-5-15(13)20-16/h2-7,10,14H,8-9,11H2,1H3,(H,19,21)/t14-/m1/s1. The quantitative estimate of drug-likeness (QED) is 0.792. The second-order valence-electron chi connectivity index (χ2n) is 6.09. The molecule has 1 saturated heterocycles. The van der Waals surface area contributed by atoms with Gasteiger partial charge in [-0.15, -0.1) is 0 Å². The fourth-order valence-electron chi connectivity index (χ4n) is 3.30. The first-order chi connectivity index (χ1) is 11.2. The third-order valence-corrected chi connectivity index (χ3v) is 4.57. The van der Waals surface area contributed by atoms with Crippen LogP contribution in [0.1, 0.15) is 34.1 Å². The number of nitrogens with one attached hydrogen (secondary N) is 1. The Hall–Kier alpha value is -2.69. The number of amides is 1. The monoisotopic (exact) mass is 306 g/mol. The summed E-state index contributed by atoms with van der Waals surface area (Å²) in [5.41, 5.74) is 3.68. The van der Waals surface area contributed by atoms with Crippen molar-refractivity contribution >= 4 is 16.8 Å². The molecular weight excluding hydrogens is 288 g/mol. The van der Waals surface area contributed by atoms with Gasteiger partial charge >= 0.3 is 0 Å². The molecule has 1 amide bonds. The zero-order valence-corrected chi connectivity index (χ0v) is 13.0. The van der Waals surface area contributed by atoms with Gasteiger partial charge in [0.25, 0.3) is 5.91 Å². The largest absolute Gasteiger partial charge is 0.337 e. The first kappa shape index (κ1) is 13.9. The molecule has 0 unspecified atom stereocenters. The molecular formula is C18H18N4O. The highest BCUT2D eigenvalue weighted by molar-refractivity contribution is 5.95. The summed E-state index contributed by atoms with van der Waals surface area (Å²) < 4.78 is 0. The van der Waals surface area contributed by atoms with Crippen molar-refractivity contribution in [2.24, 2.45) is 0 Å². The third-order valence-electron chi connectivity index (χ3n) is 4.57. The lowest BCUT2D eigenvalue weighted by Gasteiger charge is -2.16. The Morgan fingerprint density at radius 2 is 2.13 bits per heavy atom. The molecule has 0 radical (unpaired) electrons. The van der Waals surface area contributed by atoms with Crippen LogP contribution in [-0.4, -0.2) is 39.1 Å². The minimum absolute atomic E-state index is 0.00965. The van der Waals surface area contributed by atoms with Crippen LogP contribution >= 0.6 is 0 Å². The van der Waals surface area contributed by atoms with Crippen LogP contribution < -0.4 is 0 Å². The summed E-state index contributed by atoms with van der Waals surface area (Å²) in [4.78, 5) is 19.1. The zero-order valence-electron chi connectivity index (χ0n) is 13.0. The Labute approximate surface area is 134 Å². The van der Waals surface area contributed by atoms with Gasteiger partial charge in [-0.2, -0.15) is 5.10 Å². The first-order valence-electron chi connectivity index (χ1n) is 7.87. The molecule has 1 fully saturated rings. The van der Waals surface area contributed by atoms with Gasteiger partial charge in [-0.1, -0.05) is 24.3 Å². The molecule has 23 heavy (non-hydrogen) atoms. The molecule has 1 aliphatic heterocycles. The molecule has 1 N–H and O–H groups in total. The maximum Gasteiger partial charge on any atom is 0.272 e. The van der Waals surface area contributed by atoms with Crippen LogP contribution in [0.5, 0.6) is 0 Å². The van der Waals surface area contributed by atoms with Crippen LogP contribution in [0.25, 0.3) is 10.9 Å². The second kappa shape index (κ2) is 5.50. The Bertz CT molecular complexity index is 870. The van der Waals surface area contributed by atoms with Crippen molar-refractivity contribution in [1.29, 1.82) is 0 Å². The summed E-state index contributed by atoms with van der Waals surface area (Å²) in [7, 11) is 0. The van der Waals surface area contributed by atoms with Crippen LogP contribution in [0.4, 0.5) is 0 Å². The van der Waals surface area contributed by atoms with Gasteiger partial charge in [0.2, 0.25) is 0 Å². The number of carbonyl (C=O) groups is 1. The van der Waals surface area contributed by atoms with Gasteiger partial charge in [0.15, 0.2) is 0 Å². The van der Waals surface area contributed by atoms with Crippen molar-refractivity contribution in [1.82, 2.24) is 20.1 Å². The maximum absolute atomic E-state index is 12.7. The highest BCUT2D eigenvalue weighted by atomic mass is 16.2. The number of H-pyrrole nitrogens is 1. The van der Waals surface area contributed by atoms with Crippen molar-refractivity contribution in [3.05, 3.63) is 59.5 Å². The number of para-hydroxylation sites is 1. The first-order valence-corrected chi connectivity index (χ1v) is 7.87. The number of carbonyl (C=O) groups excluding carboxylic acids is 1. The summed E-state index contributed by atoms with van der Waals surface area (Å²) >= 11 is 0. The van der Waals surface area contributed by atoms with Gasteiger partial charge in [-0.05, 0) is 31.0 Å². The van der Waals surface area contributed by atoms with E-state index >= 15 is 0 Å². The molecule has 3 aromatic rings. The number of hydrogen-bond acceptors (Lipinski definition) is 3. The number of aromatic nitrogens is 3. The van der Waals surface area contributed by atoms with Gasteiger partial charge in [0, 0.05) is 30.1 Å². The fraction of sp³-hybridized carbons (Fsp3) is 0.278. The summed E-state index contributed by atoms with van der Waals surface area (Å²) in [5.74, 6) is 0.345. The van der Waals surface area contributed by atoms with Gasteiger partial charge in [0.1, 0.15) is 5.69 Å². The lowest BCUT2D eigenvalue weighted by atomic mass is 10.0.